The molecule has 0 aliphatic carbocycles. The molecule has 8 nitrogen and oxygen atoms in total. The van der Waals surface area contributed by atoms with E-state index >= 15 is 0 Å². The summed E-state index contributed by atoms with van der Waals surface area (Å²) in [6.07, 6.45) is 0. The second-order valence-corrected chi connectivity index (χ2v) is 2.68. The van der Waals surface area contributed by atoms with Crippen LogP contribution < -0.4 is 48.2 Å². The molecule has 0 spiro atoms. The third-order valence-corrected chi connectivity index (χ3v) is 0. The molecule has 0 atom stereocenters. The molecule has 13 heteroatoms. The summed E-state index contributed by atoms with van der Waals surface area (Å²) < 4.78 is 17.1. The molecule has 0 aliphatic rings. The van der Waals surface area contributed by atoms with E-state index in [1.807, 2.05) is 0 Å². The monoisotopic (exact) mass is 279 g/mol. The summed E-state index contributed by atoms with van der Waals surface area (Å²) in [7, 11) is -10.8. The van der Waals surface area contributed by atoms with Crippen LogP contribution in [0.2, 0.25) is 0 Å². The van der Waals surface area contributed by atoms with Gasteiger partial charge >= 0.3 is 53.3 Å². The van der Waals surface area contributed by atoms with Crippen molar-refractivity contribution in [1.29, 1.82) is 0 Å². The van der Waals surface area contributed by atoms with Crippen LogP contribution >= 0.6 is 15.6 Å². The standard InChI is InChI=1S/Al.Li.Mn.2H3O4P/c;;;2*1-5(2,3)4/h;;;2*(H3,1,2,3,4)/q+3;+1;+2;;/p-6. The van der Waals surface area contributed by atoms with Crippen LogP contribution in [0, 0.1) is 0 Å². The molecule has 0 aromatic carbocycles. The van der Waals surface area contributed by atoms with E-state index in [0.717, 1.165) is 0 Å². The van der Waals surface area contributed by atoms with Crippen LogP contribution in [0.15, 0.2) is 0 Å². The maximum absolute atomic E-state index is 8.55. The van der Waals surface area contributed by atoms with Crippen molar-refractivity contribution in [2.24, 2.45) is 0 Å². The summed E-state index contributed by atoms with van der Waals surface area (Å²) in [6, 6.07) is 0. The Kier molecular flexibility index (Phi) is 27.0. The van der Waals surface area contributed by atoms with E-state index in [-0.39, 0.29) is 53.3 Å². The third-order valence-electron chi connectivity index (χ3n) is 0. The van der Waals surface area contributed by atoms with Crippen LogP contribution in [-0.2, 0) is 26.2 Å². The van der Waals surface area contributed by atoms with Gasteiger partial charge in [-0.1, -0.05) is 0 Å². The van der Waals surface area contributed by atoms with Gasteiger partial charge in [0.15, 0.2) is 0 Å². The van der Waals surface area contributed by atoms with Gasteiger partial charge in [0, 0.05) is 0 Å². The fraction of sp³-hybridized carbons (Fsp3) is 0. The predicted molar refractivity (Wildman–Crippen MR) is 21.0 cm³/mol. The van der Waals surface area contributed by atoms with Crippen molar-refractivity contribution < 1.29 is 74.4 Å². The third kappa shape index (κ3) is 559. The van der Waals surface area contributed by atoms with Crippen molar-refractivity contribution in [3.05, 3.63) is 0 Å². The van der Waals surface area contributed by atoms with Crippen molar-refractivity contribution in [2.45, 2.75) is 0 Å². The maximum Gasteiger partial charge on any atom is 3.00 e. The van der Waals surface area contributed by atoms with Gasteiger partial charge in [0.25, 0.3) is 0 Å². The molecule has 0 aliphatic heterocycles. The number of hydrogen-bond donors (Lipinski definition) is 0. The van der Waals surface area contributed by atoms with Gasteiger partial charge in [-0.25, -0.2) is 0 Å². The zero-order valence-corrected chi connectivity index (χ0v) is 10.2. The van der Waals surface area contributed by atoms with Gasteiger partial charge in [0.1, 0.15) is 0 Å². The first-order valence-corrected chi connectivity index (χ1v) is 4.38. The molecule has 0 amide bonds. The van der Waals surface area contributed by atoms with E-state index < -0.39 is 15.6 Å². The molecule has 69 valence electrons. The molecule has 0 saturated heterocycles. The Hall–Kier alpha value is 1.87. The van der Waals surface area contributed by atoms with Crippen LogP contribution in [0.4, 0.5) is 0 Å². The van der Waals surface area contributed by atoms with E-state index in [1.165, 1.54) is 0 Å². The van der Waals surface area contributed by atoms with Crippen LogP contribution in [0.25, 0.3) is 0 Å². The van der Waals surface area contributed by atoms with Crippen LogP contribution in [0.5, 0.6) is 0 Å². The molecule has 13 heavy (non-hydrogen) atoms. The van der Waals surface area contributed by atoms with E-state index in [9.17, 15) is 0 Å². The van der Waals surface area contributed by atoms with Crippen LogP contribution in [0.1, 0.15) is 0 Å². The van der Waals surface area contributed by atoms with Gasteiger partial charge < -0.3 is 38.5 Å². The first kappa shape index (κ1) is 29.4. The average Bonchev–Trinajstić information content (AvgIpc) is 1.12. The summed E-state index contributed by atoms with van der Waals surface area (Å²) in [4.78, 5) is 51.3. The normalized spacial score (nSPS) is 9.08. The van der Waals surface area contributed by atoms with Crippen molar-refractivity contribution in [3.8, 4) is 0 Å². The molecule has 0 unspecified atom stereocenters. The quantitative estimate of drug-likeness (QED) is 0.310. The minimum Gasteiger partial charge on any atom is -0.822 e. The van der Waals surface area contributed by atoms with E-state index in [0.29, 0.717) is 0 Å². The molecule has 0 aromatic rings. The summed E-state index contributed by atoms with van der Waals surface area (Å²) in [5.74, 6) is 0. The first-order valence-electron chi connectivity index (χ1n) is 1.46. The molecule has 0 saturated carbocycles. The Morgan fingerprint density at radius 2 is 0.692 bits per heavy atom. The van der Waals surface area contributed by atoms with Crippen molar-refractivity contribution in [2.75, 3.05) is 0 Å². The molecular formula is AlLiMnO8P2. The number of phosphoric acid groups is 2. The second kappa shape index (κ2) is 11.9. The van der Waals surface area contributed by atoms with Gasteiger partial charge in [0.2, 0.25) is 0 Å². The minimum atomic E-state index is -5.39. The van der Waals surface area contributed by atoms with Gasteiger partial charge in [-0.15, -0.1) is 0 Å². The largest absolute Gasteiger partial charge is 3.00 e. The molecule has 1 radical (unpaired) electrons. The van der Waals surface area contributed by atoms with Crippen LogP contribution in [0.3, 0.4) is 0 Å². The summed E-state index contributed by atoms with van der Waals surface area (Å²) in [5.41, 5.74) is 0. The van der Waals surface area contributed by atoms with E-state index in [2.05, 4.69) is 0 Å². The summed E-state index contributed by atoms with van der Waals surface area (Å²) in [6.45, 7) is 0. The fourth-order valence-electron chi connectivity index (χ4n) is 0. The zero-order valence-electron chi connectivity index (χ0n) is 6.12. The number of hydrogen-bond acceptors (Lipinski definition) is 8. The van der Waals surface area contributed by atoms with Crippen LogP contribution in [-0.4, -0.2) is 17.4 Å². The Morgan fingerprint density at radius 3 is 0.692 bits per heavy atom. The first-order chi connectivity index (χ1) is 4.00. The van der Waals surface area contributed by atoms with Gasteiger partial charge in [-0.05, 0) is 0 Å². The molecular weight excluding hydrogens is 279 g/mol. The Balaban J connectivity index is -0.0000000267. The predicted octanol–water partition coefficient (Wildman–Crippen LogP) is -9.03. The average molecular weight is 279 g/mol. The molecule has 0 fully saturated rings. The molecule has 0 rings (SSSR count). The SMILES string of the molecule is O=P([O-])([O-])[O-].O=P([O-])([O-])[O-].[Al+3].[Li+].[Mn+2]. The van der Waals surface area contributed by atoms with Crippen molar-refractivity contribution >= 4 is 33.0 Å². The fourth-order valence-corrected chi connectivity index (χ4v) is 0. The molecule has 0 bridgehead atoms. The van der Waals surface area contributed by atoms with Crippen molar-refractivity contribution in [3.63, 3.8) is 0 Å². The summed E-state index contributed by atoms with van der Waals surface area (Å²) in [5, 5.41) is 0. The van der Waals surface area contributed by atoms with Gasteiger partial charge in [-0.2, -0.15) is 15.6 Å². The van der Waals surface area contributed by atoms with E-state index in [4.69, 9.17) is 38.5 Å². The van der Waals surface area contributed by atoms with E-state index in [1.54, 1.807) is 0 Å². The molecule has 0 heterocycles. The Bertz CT molecular complexity index is 134. The Labute approximate surface area is 107 Å². The molecule has 0 aromatic heterocycles. The maximum atomic E-state index is 8.55. The summed E-state index contributed by atoms with van der Waals surface area (Å²) >= 11 is 0. The second-order valence-electron chi connectivity index (χ2n) is 0.894. The van der Waals surface area contributed by atoms with Gasteiger partial charge in [-0.3, -0.25) is 0 Å². The minimum absolute atomic E-state index is 0. The smallest absolute Gasteiger partial charge is 0.822 e. The van der Waals surface area contributed by atoms with Crippen molar-refractivity contribution in [1.82, 2.24) is 0 Å². The Morgan fingerprint density at radius 1 is 0.692 bits per heavy atom. The van der Waals surface area contributed by atoms with Gasteiger partial charge in [0.05, 0.1) is 0 Å². The zero-order chi connectivity index (χ0) is 9.00. The number of rotatable bonds is 0. The molecule has 0 N–H and O–H groups in total. The topological polar surface area (TPSA) is 172 Å².